The fourth-order valence-electron chi connectivity index (χ4n) is 5.64. The number of para-hydroxylation sites is 1. The number of hydrogen-bond donors (Lipinski definition) is 0. The smallest absolute Gasteiger partial charge is 0.345 e. The first-order valence-corrected chi connectivity index (χ1v) is 13.9. The van der Waals surface area contributed by atoms with Crippen LogP contribution in [0, 0.1) is 17.6 Å². The van der Waals surface area contributed by atoms with E-state index in [0.29, 0.717) is 21.2 Å². The molecule has 3 aromatic carbocycles. The molecule has 40 heavy (non-hydrogen) atoms. The molecule has 1 aliphatic heterocycles. The lowest BCUT2D eigenvalue weighted by Crippen LogP contribution is -2.28. The maximum atomic E-state index is 13.9. The van der Waals surface area contributed by atoms with E-state index in [1.54, 1.807) is 36.5 Å². The summed E-state index contributed by atoms with van der Waals surface area (Å²) in [6.07, 6.45) is 6.51. The Bertz CT molecular complexity index is 1840. The molecule has 0 N–H and O–H groups in total. The largest absolute Gasteiger partial charge is 0.422 e. The van der Waals surface area contributed by atoms with Gasteiger partial charge in [-0.1, -0.05) is 53.8 Å². The molecule has 0 amide bonds. The maximum Gasteiger partial charge on any atom is 0.345 e. The molecular formula is C32H23F2N3O2S. The van der Waals surface area contributed by atoms with Gasteiger partial charge in [-0.25, -0.2) is 23.6 Å². The molecule has 198 valence electrons. The first kappa shape index (κ1) is 24.6. The number of thiazole rings is 1. The van der Waals surface area contributed by atoms with Crippen molar-refractivity contribution in [2.75, 3.05) is 5.01 Å². The first-order valence-electron chi connectivity index (χ1n) is 13.1. The fourth-order valence-corrected chi connectivity index (χ4v) is 6.55. The topological polar surface area (TPSA) is 58.7 Å². The predicted molar refractivity (Wildman–Crippen MR) is 154 cm³/mol. The molecule has 5 aromatic rings. The van der Waals surface area contributed by atoms with E-state index in [9.17, 15) is 13.6 Å². The lowest BCUT2D eigenvalue weighted by Gasteiger charge is -2.29. The molecule has 0 bridgehead atoms. The number of hydrogen-bond acceptors (Lipinski definition) is 6. The number of halogens is 2. The average Bonchev–Trinajstić information content (AvgIpc) is 3.60. The molecule has 1 saturated carbocycles. The van der Waals surface area contributed by atoms with Crippen LogP contribution in [-0.4, -0.2) is 10.7 Å². The van der Waals surface area contributed by atoms with Gasteiger partial charge in [0.1, 0.15) is 17.2 Å². The van der Waals surface area contributed by atoms with Crippen molar-refractivity contribution in [3.8, 4) is 10.4 Å². The van der Waals surface area contributed by atoms with Crippen molar-refractivity contribution < 1.29 is 13.2 Å². The summed E-state index contributed by atoms with van der Waals surface area (Å²) in [5.74, 6) is -0.497. The van der Waals surface area contributed by atoms with Crippen LogP contribution in [0.4, 0.5) is 13.9 Å². The molecule has 0 unspecified atom stereocenters. The number of anilines is 1. The summed E-state index contributed by atoms with van der Waals surface area (Å²) in [4.78, 5) is 18.2. The van der Waals surface area contributed by atoms with Gasteiger partial charge in [-0.15, -0.1) is 0 Å². The van der Waals surface area contributed by atoms with Crippen LogP contribution in [0.2, 0.25) is 0 Å². The number of hydrazone groups is 1. The molecule has 1 aliphatic carbocycles. The minimum absolute atomic E-state index is 0.0731. The zero-order chi connectivity index (χ0) is 27.2. The molecule has 7 rings (SSSR count). The molecule has 1 fully saturated rings. The summed E-state index contributed by atoms with van der Waals surface area (Å²) >= 11 is 1.37. The second kappa shape index (κ2) is 9.95. The van der Waals surface area contributed by atoms with E-state index < -0.39 is 5.63 Å². The Balaban J connectivity index is 1.31. The number of benzene rings is 3. The van der Waals surface area contributed by atoms with Crippen LogP contribution in [-0.2, 0) is 0 Å². The highest BCUT2D eigenvalue weighted by Gasteiger charge is 2.43. The van der Waals surface area contributed by atoms with E-state index in [2.05, 4.69) is 11.1 Å². The number of nitrogens with zero attached hydrogens (tertiary/aromatic N) is 3. The summed E-state index contributed by atoms with van der Waals surface area (Å²) in [6, 6.07) is 22.0. The van der Waals surface area contributed by atoms with Gasteiger partial charge in [-0.3, -0.25) is 0 Å². The Morgan fingerprint density at radius 1 is 0.975 bits per heavy atom. The van der Waals surface area contributed by atoms with Gasteiger partial charge in [0.15, 0.2) is 0 Å². The molecule has 0 radical (unpaired) electrons. The van der Waals surface area contributed by atoms with Gasteiger partial charge in [0.05, 0.1) is 22.2 Å². The standard InChI is InChI=1S/C32H23F2N3O2S/c33-23-12-8-19(9-13-23)16-22-5-3-6-25-29(22)36-37(30(25)20-10-14-24(34)15-11-20)32-35-18-28(40-32)26-17-21-4-1-2-7-27(21)39-31(26)38/h1-2,4,7-18,25,30H,3,5-6H2/t25-,30-/m0/s1. The Morgan fingerprint density at radius 3 is 2.52 bits per heavy atom. The van der Waals surface area contributed by atoms with E-state index in [1.165, 1.54) is 35.6 Å². The van der Waals surface area contributed by atoms with Crippen molar-refractivity contribution in [2.45, 2.75) is 25.3 Å². The summed E-state index contributed by atoms with van der Waals surface area (Å²) in [6.45, 7) is 0. The second-order valence-corrected chi connectivity index (χ2v) is 11.0. The maximum absolute atomic E-state index is 13.9. The Morgan fingerprint density at radius 2 is 1.73 bits per heavy atom. The van der Waals surface area contributed by atoms with E-state index in [4.69, 9.17) is 9.52 Å². The quantitative estimate of drug-likeness (QED) is 0.212. The molecule has 8 heteroatoms. The number of aromatic nitrogens is 1. The van der Waals surface area contributed by atoms with Crippen molar-refractivity contribution in [2.24, 2.45) is 11.0 Å². The zero-order valence-electron chi connectivity index (χ0n) is 21.3. The first-order chi connectivity index (χ1) is 19.5. The molecular weight excluding hydrogens is 528 g/mol. The van der Waals surface area contributed by atoms with Crippen LogP contribution in [0.5, 0.6) is 0 Å². The Kier molecular flexibility index (Phi) is 6.12. The van der Waals surface area contributed by atoms with Crippen LogP contribution in [0.3, 0.4) is 0 Å². The summed E-state index contributed by atoms with van der Waals surface area (Å²) in [5.41, 5.74) is 4.48. The average molecular weight is 552 g/mol. The Labute approximate surface area is 232 Å². The molecule has 2 aliphatic rings. The Hall–Kier alpha value is -4.43. The highest BCUT2D eigenvalue weighted by molar-refractivity contribution is 7.18. The second-order valence-electron chi connectivity index (χ2n) is 10.0. The SMILES string of the molecule is O=c1oc2ccccc2cc1-c1cnc(N2N=C3C(=Cc4ccc(F)cc4)CCC[C@@H]3[C@@H]2c2ccc(F)cc2)s1. The fraction of sp³-hybridized carbons (Fsp3) is 0.156. The van der Waals surface area contributed by atoms with Gasteiger partial charge >= 0.3 is 5.63 Å². The summed E-state index contributed by atoms with van der Waals surface area (Å²) in [7, 11) is 0. The van der Waals surface area contributed by atoms with E-state index in [1.807, 2.05) is 29.3 Å². The lowest BCUT2D eigenvalue weighted by atomic mass is 9.77. The van der Waals surface area contributed by atoms with Crippen molar-refractivity contribution in [3.05, 3.63) is 124 Å². The van der Waals surface area contributed by atoms with Crippen LogP contribution in [0.1, 0.15) is 36.4 Å². The molecule has 3 heterocycles. The van der Waals surface area contributed by atoms with Gasteiger partial charge in [-0.2, -0.15) is 5.10 Å². The molecule has 2 aromatic heterocycles. The summed E-state index contributed by atoms with van der Waals surface area (Å²) in [5, 5.41) is 8.48. The predicted octanol–water partition coefficient (Wildman–Crippen LogP) is 8.00. The van der Waals surface area contributed by atoms with Crippen LogP contribution < -0.4 is 10.6 Å². The van der Waals surface area contributed by atoms with Crippen LogP contribution >= 0.6 is 11.3 Å². The molecule has 2 atom stereocenters. The third-order valence-electron chi connectivity index (χ3n) is 7.52. The van der Waals surface area contributed by atoms with Gasteiger partial charge in [-0.05, 0) is 78.4 Å². The highest BCUT2D eigenvalue weighted by Crippen LogP contribution is 2.47. The number of rotatable bonds is 4. The van der Waals surface area contributed by atoms with Crippen molar-refractivity contribution >= 4 is 39.2 Å². The van der Waals surface area contributed by atoms with Crippen LogP contribution in [0.15, 0.2) is 105 Å². The minimum atomic E-state index is -0.421. The van der Waals surface area contributed by atoms with Crippen molar-refractivity contribution in [1.29, 1.82) is 0 Å². The van der Waals surface area contributed by atoms with Crippen LogP contribution in [0.25, 0.3) is 27.5 Å². The van der Waals surface area contributed by atoms with Crippen molar-refractivity contribution in [3.63, 3.8) is 0 Å². The molecule has 5 nitrogen and oxygen atoms in total. The number of fused-ring (bicyclic) bond motifs is 2. The van der Waals surface area contributed by atoms with Gasteiger partial charge < -0.3 is 4.42 Å². The lowest BCUT2D eigenvalue weighted by molar-refractivity contribution is 0.486. The van der Waals surface area contributed by atoms with Gasteiger partial charge in [0, 0.05) is 17.5 Å². The zero-order valence-corrected chi connectivity index (χ0v) is 22.1. The van der Waals surface area contributed by atoms with E-state index in [0.717, 1.165) is 47.1 Å². The minimum Gasteiger partial charge on any atom is -0.422 e. The van der Waals surface area contributed by atoms with Crippen molar-refractivity contribution in [1.82, 2.24) is 4.98 Å². The molecule has 0 spiro atoms. The molecule has 0 saturated heterocycles. The van der Waals surface area contributed by atoms with Gasteiger partial charge in [0.2, 0.25) is 5.13 Å². The third-order valence-corrected chi connectivity index (χ3v) is 8.54. The van der Waals surface area contributed by atoms with E-state index in [-0.39, 0.29) is 23.6 Å². The van der Waals surface area contributed by atoms with E-state index >= 15 is 0 Å². The summed E-state index contributed by atoms with van der Waals surface area (Å²) < 4.78 is 32.9. The third kappa shape index (κ3) is 4.44. The monoisotopic (exact) mass is 551 g/mol. The normalized spacial score (nSPS) is 19.7. The highest BCUT2D eigenvalue weighted by atomic mass is 32.1. The van der Waals surface area contributed by atoms with Gasteiger partial charge in [0.25, 0.3) is 0 Å². The number of allylic oxidation sites excluding steroid dienone is 1.